The minimum absolute atomic E-state index is 0.175. The molecule has 0 amide bonds. The van der Waals surface area contributed by atoms with Gasteiger partial charge in [-0.25, -0.2) is 9.97 Å². The molecule has 1 aromatic heterocycles. The van der Waals surface area contributed by atoms with Crippen LogP contribution in [0.25, 0.3) is 11.3 Å². The van der Waals surface area contributed by atoms with Crippen molar-refractivity contribution in [2.75, 3.05) is 11.5 Å². The third-order valence-electron chi connectivity index (χ3n) is 2.95. The Morgan fingerprint density at radius 3 is 2.39 bits per heavy atom. The Morgan fingerprint density at radius 1 is 1.22 bits per heavy atom. The fourth-order valence-corrected chi connectivity index (χ4v) is 2.67. The maximum absolute atomic E-state index is 12.4. The van der Waals surface area contributed by atoms with Gasteiger partial charge in [0.15, 0.2) is 0 Å². The van der Waals surface area contributed by atoms with Gasteiger partial charge in [0.2, 0.25) is 5.82 Å². The molecule has 2 N–H and O–H groups in total. The lowest BCUT2D eigenvalue weighted by atomic mass is 10.1. The van der Waals surface area contributed by atoms with Crippen LogP contribution < -0.4 is 5.73 Å². The first-order valence-electron chi connectivity index (χ1n) is 6.77. The zero-order valence-electron chi connectivity index (χ0n) is 12.3. The normalized spacial score (nSPS) is 11.3. The molecule has 7 heteroatoms. The molecule has 1 heterocycles. The number of aromatic nitrogens is 2. The van der Waals surface area contributed by atoms with E-state index in [9.17, 15) is 13.2 Å². The smallest absolute Gasteiger partial charge is 0.393 e. The molecular formula is C16H14F3N3S. The van der Waals surface area contributed by atoms with E-state index in [1.54, 1.807) is 12.1 Å². The van der Waals surface area contributed by atoms with Crippen LogP contribution in [0.1, 0.15) is 18.3 Å². The van der Waals surface area contributed by atoms with Crippen LogP contribution in [0.2, 0.25) is 0 Å². The van der Waals surface area contributed by atoms with Gasteiger partial charge in [-0.05, 0) is 17.2 Å². The van der Waals surface area contributed by atoms with E-state index in [1.807, 2.05) is 6.92 Å². The second-order valence-corrected chi connectivity index (χ2v) is 5.93. The van der Waals surface area contributed by atoms with Crippen LogP contribution in [-0.4, -0.2) is 21.9 Å². The summed E-state index contributed by atoms with van der Waals surface area (Å²) in [5, 5.41) is 0.574. The van der Waals surface area contributed by atoms with Gasteiger partial charge in [0.1, 0.15) is 5.03 Å². The summed E-state index contributed by atoms with van der Waals surface area (Å²) in [6, 6.07) is 5.93. The van der Waals surface area contributed by atoms with Crippen LogP contribution >= 0.6 is 11.8 Å². The largest absolute Gasteiger partial charge is 0.395 e. The van der Waals surface area contributed by atoms with E-state index >= 15 is 0 Å². The van der Waals surface area contributed by atoms with E-state index in [0.717, 1.165) is 5.75 Å². The Labute approximate surface area is 136 Å². The van der Waals surface area contributed by atoms with E-state index in [4.69, 9.17) is 12.2 Å². The van der Waals surface area contributed by atoms with Crippen LogP contribution in [0.5, 0.6) is 0 Å². The maximum atomic E-state index is 12.4. The molecule has 0 bridgehead atoms. The van der Waals surface area contributed by atoms with E-state index in [-0.39, 0.29) is 11.4 Å². The Bertz CT molecular complexity index is 734. The van der Waals surface area contributed by atoms with E-state index in [0.29, 0.717) is 22.0 Å². The number of terminal acetylenes is 1. The van der Waals surface area contributed by atoms with Gasteiger partial charge in [0.25, 0.3) is 0 Å². The Balaban J connectivity index is 2.41. The fourth-order valence-electron chi connectivity index (χ4n) is 1.99. The Kier molecular flexibility index (Phi) is 5.16. The highest BCUT2D eigenvalue weighted by atomic mass is 32.2. The van der Waals surface area contributed by atoms with Crippen LogP contribution in [0.3, 0.4) is 0 Å². The summed E-state index contributed by atoms with van der Waals surface area (Å²) < 4.78 is 37.2. The van der Waals surface area contributed by atoms with Crippen LogP contribution in [0.15, 0.2) is 29.3 Å². The van der Waals surface area contributed by atoms with Gasteiger partial charge >= 0.3 is 6.18 Å². The maximum Gasteiger partial charge on any atom is 0.393 e. The molecule has 0 fully saturated rings. The molecule has 0 saturated heterocycles. The number of nitrogens with two attached hydrogens (primary N) is 1. The predicted molar refractivity (Wildman–Crippen MR) is 86.0 cm³/mol. The highest BCUT2D eigenvalue weighted by molar-refractivity contribution is 7.99. The summed E-state index contributed by atoms with van der Waals surface area (Å²) >= 11 is 1.43. The number of thioether (sulfide) groups is 1. The summed E-state index contributed by atoms with van der Waals surface area (Å²) in [5.41, 5.74) is 7.65. The first kappa shape index (κ1) is 17.2. The molecule has 120 valence electrons. The van der Waals surface area contributed by atoms with Crippen molar-refractivity contribution < 1.29 is 13.2 Å². The SMILES string of the molecule is C#Cc1nc(SCC)c(N)c(-c2ccc(CC(F)(F)F)cc2)n1. The molecule has 1 aromatic carbocycles. The zero-order chi connectivity index (χ0) is 17.0. The molecule has 0 aliphatic heterocycles. The zero-order valence-corrected chi connectivity index (χ0v) is 13.1. The molecule has 3 nitrogen and oxygen atoms in total. The van der Waals surface area contributed by atoms with Gasteiger partial charge in [0.05, 0.1) is 17.8 Å². The van der Waals surface area contributed by atoms with Gasteiger partial charge in [-0.1, -0.05) is 31.2 Å². The number of nitrogen functional groups attached to an aromatic ring is 1. The van der Waals surface area contributed by atoms with E-state index in [1.165, 1.54) is 23.9 Å². The third-order valence-corrected chi connectivity index (χ3v) is 3.83. The molecule has 2 aromatic rings. The fraction of sp³-hybridized carbons (Fsp3) is 0.250. The van der Waals surface area contributed by atoms with Crippen molar-refractivity contribution in [1.82, 2.24) is 9.97 Å². The molecule has 0 atom stereocenters. The van der Waals surface area contributed by atoms with Gasteiger partial charge in [0, 0.05) is 5.56 Å². The molecule has 0 spiro atoms. The van der Waals surface area contributed by atoms with Crippen molar-refractivity contribution >= 4 is 17.4 Å². The minimum atomic E-state index is -4.24. The number of anilines is 1. The molecule has 0 aliphatic rings. The second kappa shape index (κ2) is 6.92. The number of nitrogens with zero attached hydrogens (tertiary/aromatic N) is 2. The Hall–Kier alpha value is -2.20. The molecule has 0 aliphatic carbocycles. The predicted octanol–water partition coefficient (Wildman–Crippen LogP) is 3.92. The number of hydrogen-bond acceptors (Lipinski definition) is 4. The molecule has 0 radical (unpaired) electrons. The lowest BCUT2D eigenvalue weighted by Gasteiger charge is -2.11. The van der Waals surface area contributed by atoms with Crippen molar-refractivity contribution in [3.05, 3.63) is 35.7 Å². The average Bonchev–Trinajstić information content (AvgIpc) is 2.49. The first-order valence-corrected chi connectivity index (χ1v) is 7.75. The van der Waals surface area contributed by atoms with Crippen molar-refractivity contribution in [1.29, 1.82) is 0 Å². The molecule has 23 heavy (non-hydrogen) atoms. The molecule has 0 unspecified atom stereocenters. The lowest BCUT2D eigenvalue weighted by Crippen LogP contribution is -2.11. The van der Waals surface area contributed by atoms with Crippen molar-refractivity contribution in [3.8, 4) is 23.6 Å². The van der Waals surface area contributed by atoms with Gasteiger partial charge in [-0.15, -0.1) is 18.2 Å². The third kappa shape index (κ3) is 4.39. The molecule has 2 rings (SSSR count). The number of alkyl halides is 3. The standard InChI is InChI=1S/C16H14F3N3S/c1-3-12-21-14(13(20)15(22-12)23-4-2)11-7-5-10(6-8-11)9-16(17,18)19/h1,5-8H,4,9,20H2,2H3. The average molecular weight is 337 g/mol. The van der Waals surface area contributed by atoms with Crippen LogP contribution in [0, 0.1) is 12.3 Å². The summed E-state index contributed by atoms with van der Waals surface area (Å²) in [4.78, 5) is 8.38. The monoisotopic (exact) mass is 337 g/mol. The van der Waals surface area contributed by atoms with Crippen molar-refractivity contribution in [3.63, 3.8) is 0 Å². The minimum Gasteiger partial charge on any atom is -0.395 e. The number of halogens is 3. The van der Waals surface area contributed by atoms with Crippen LogP contribution in [-0.2, 0) is 6.42 Å². The number of rotatable bonds is 4. The van der Waals surface area contributed by atoms with Gasteiger partial charge in [-0.2, -0.15) is 13.2 Å². The van der Waals surface area contributed by atoms with Crippen molar-refractivity contribution in [2.24, 2.45) is 0 Å². The van der Waals surface area contributed by atoms with Gasteiger partial charge < -0.3 is 5.73 Å². The molecule has 0 saturated carbocycles. The number of hydrogen-bond donors (Lipinski definition) is 1. The quantitative estimate of drug-likeness (QED) is 0.522. The summed E-state index contributed by atoms with van der Waals surface area (Å²) in [5.74, 6) is 3.32. The highest BCUT2D eigenvalue weighted by Crippen LogP contribution is 2.32. The molecular weight excluding hydrogens is 323 g/mol. The second-order valence-electron chi connectivity index (χ2n) is 4.68. The summed E-state index contributed by atoms with van der Waals surface area (Å²) in [6.07, 6.45) is 0.143. The van der Waals surface area contributed by atoms with E-state index < -0.39 is 12.6 Å². The topological polar surface area (TPSA) is 51.8 Å². The first-order chi connectivity index (χ1) is 10.8. The van der Waals surface area contributed by atoms with Crippen LogP contribution in [0.4, 0.5) is 18.9 Å². The Morgan fingerprint density at radius 2 is 1.87 bits per heavy atom. The van der Waals surface area contributed by atoms with Crippen molar-refractivity contribution in [2.45, 2.75) is 24.5 Å². The van der Waals surface area contributed by atoms with Gasteiger partial charge in [-0.3, -0.25) is 0 Å². The van der Waals surface area contributed by atoms with E-state index in [2.05, 4.69) is 15.9 Å². The summed E-state index contributed by atoms with van der Waals surface area (Å²) in [6.45, 7) is 1.95. The number of benzene rings is 1. The summed E-state index contributed by atoms with van der Waals surface area (Å²) in [7, 11) is 0. The highest BCUT2D eigenvalue weighted by Gasteiger charge is 2.27. The lowest BCUT2D eigenvalue weighted by molar-refractivity contribution is -0.127.